The van der Waals surface area contributed by atoms with Crippen LogP contribution in [0.15, 0.2) is 77.8 Å². The predicted octanol–water partition coefficient (Wildman–Crippen LogP) is 5.28. The molecule has 1 N–H and O–H groups in total. The van der Waals surface area contributed by atoms with Gasteiger partial charge >= 0.3 is 0 Å². The number of rotatable bonds is 9. The summed E-state index contributed by atoms with van der Waals surface area (Å²) in [6, 6.07) is 15.9. The van der Waals surface area contributed by atoms with E-state index in [9.17, 15) is 14.9 Å². The third-order valence-electron chi connectivity index (χ3n) is 4.80. The van der Waals surface area contributed by atoms with E-state index in [-0.39, 0.29) is 11.6 Å². The maximum atomic E-state index is 12.8. The maximum absolute atomic E-state index is 12.8. The lowest BCUT2D eigenvalue weighted by atomic mass is 10.1. The number of anilines is 1. The van der Waals surface area contributed by atoms with Gasteiger partial charge in [0, 0.05) is 35.2 Å². The largest absolute Gasteiger partial charge is 0.301 e. The Morgan fingerprint density at radius 3 is 2.74 bits per heavy atom. The molecule has 0 aliphatic rings. The lowest BCUT2D eigenvalue weighted by Gasteiger charge is -2.12. The number of allylic oxidation sites excluding steroid dienone is 1. The zero-order valence-electron chi connectivity index (χ0n) is 18.1. The average molecular weight is 493 g/mol. The van der Waals surface area contributed by atoms with Crippen molar-refractivity contribution >= 4 is 39.8 Å². The van der Waals surface area contributed by atoms with Gasteiger partial charge in [-0.05, 0) is 6.92 Å². The SMILES string of the molecule is C=CCn1c(SC(C)C(=O)Nc2nc(-c3cccc([N+](=O)[O-])c3)cs2)nnc1-c1ccccc1. The first kappa shape index (κ1) is 23.3. The molecule has 0 aliphatic heterocycles. The summed E-state index contributed by atoms with van der Waals surface area (Å²) in [5.74, 6) is 0.469. The van der Waals surface area contributed by atoms with Crippen molar-refractivity contribution in [1.82, 2.24) is 19.7 Å². The Balaban J connectivity index is 1.46. The Morgan fingerprint density at radius 1 is 1.24 bits per heavy atom. The Morgan fingerprint density at radius 2 is 2.00 bits per heavy atom. The van der Waals surface area contributed by atoms with Crippen molar-refractivity contribution in [2.75, 3.05) is 5.32 Å². The van der Waals surface area contributed by atoms with Gasteiger partial charge < -0.3 is 5.32 Å². The number of nitro benzene ring substituents is 1. The molecule has 9 nitrogen and oxygen atoms in total. The number of non-ortho nitro benzene ring substituents is 1. The van der Waals surface area contributed by atoms with Crippen LogP contribution in [0.2, 0.25) is 0 Å². The molecule has 0 fully saturated rings. The fraction of sp³-hybridized carbons (Fsp3) is 0.130. The van der Waals surface area contributed by atoms with Gasteiger partial charge in [0.25, 0.3) is 5.69 Å². The number of aromatic nitrogens is 4. The minimum absolute atomic E-state index is 0.0142. The highest BCUT2D eigenvalue weighted by molar-refractivity contribution is 8.00. The van der Waals surface area contributed by atoms with Crippen molar-refractivity contribution in [1.29, 1.82) is 0 Å². The van der Waals surface area contributed by atoms with E-state index in [1.165, 1.54) is 35.2 Å². The van der Waals surface area contributed by atoms with E-state index in [2.05, 4.69) is 27.1 Å². The molecule has 172 valence electrons. The Hall–Kier alpha value is -3.83. The fourth-order valence-corrected chi connectivity index (χ4v) is 4.71. The van der Waals surface area contributed by atoms with Gasteiger partial charge in [-0.25, -0.2) is 4.98 Å². The molecule has 1 atom stereocenters. The highest BCUT2D eigenvalue weighted by Gasteiger charge is 2.21. The minimum Gasteiger partial charge on any atom is -0.301 e. The smallest absolute Gasteiger partial charge is 0.270 e. The highest BCUT2D eigenvalue weighted by Crippen LogP contribution is 2.30. The first-order valence-corrected chi connectivity index (χ1v) is 12.0. The number of nitrogens with one attached hydrogen (secondary N) is 1. The summed E-state index contributed by atoms with van der Waals surface area (Å²) in [7, 11) is 0. The van der Waals surface area contributed by atoms with Crippen molar-refractivity contribution in [3.05, 3.63) is 82.7 Å². The number of benzene rings is 2. The number of thioether (sulfide) groups is 1. The summed E-state index contributed by atoms with van der Waals surface area (Å²) in [4.78, 5) is 27.8. The average Bonchev–Trinajstić information content (AvgIpc) is 3.47. The molecular weight excluding hydrogens is 472 g/mol. The van der Waals surface area contributed by atoms with Gasteiger partial charge in [0.05, 0.1) is 15.9 Å². The van der Waals surface area contributed by atoms with Crippen LogP contribution in [0, 0.1) is 10.1 Å². The number of amides is 1. The van der Waals surface area contributed by atoms with Crippen LogP contribution in [0.25, 0.3) is 22.6 Å². The Kier molecular flexibility index (Phi) is 7.14. The summed E-state index contributed by atoms with van der Waals surface area (Å²) in [5, 5.41) is 24.7. The van der Waals surface area contributed by atoms with Gasteiger partial charge in [-0.2, -0.15) is 0 Å². The number of thiazole rings is 1. The van der Waals surface area contributed by atoms with Crippen molar-refractivity contribution in [3.8, 4) is 22.6 Å². The number of hydrogen-bond donors (Lipinski definition) is 1. The number of carbonyl (C=O) groups excluding carboxylic acids is 1. The van der Waals surface area contributed by atoms with Crippen LogP contribution in [0.5, 0.6) is 0 Å². The van der Waals surface area contributed by atoms with Crippen molar-refractivity contribution < 1.29 is 9.72 Å². The molecule has 11 heteroatoms. The summed E-state index contributed by atoms with van der Waals surface area (Å²) >= 11 is 2.55. The second-order valence-corrected chi connectivity index (χ2v) is 9.33. The molecule has 2 aromatic carbocycles. The van der Waals surface area contributed by atoms with Crippen LogP contribution < -0.4 is 5.32 Å². The van der Waals surface area contributed by atoms with Crippen molar-refractivity contribution in [2.45, 2.75) is 23.9 Å². The first-order chi connectivity index (χ1) is 16.5. The molecule has 2 aromatic heterocycles. The van der Waals surface area contributed by atoms with E-state index >= 15 is 0 Å². The van der Waals surface area contributed by atoms with Gasteiger partial charge in [0.1, 0.15) is 0 Å². The molecule has 0 bridgehead atoms. The monoisotopic (exact) mass is 492 g/mol. The predicted molar refractivity (Wildman–Crippen MR) is 134 cm³/mol. The van der Waals surface area contributed by atoms with E-state index in [1.807, 2.05) is 34.9 Å². The molecule has 0 saturated heterocycles. The minimum atomic E-state index is -0.471. The topological polar surface area (TPSA) is 116 Å². The number of nitro groups is 1. The summed E-state index contributed by atoms with van der Waals surface area (Å²) in [5.41, 5.74) is 2.08. The first-order valence-electron chi connectivity index (χ1n) is 10.2. The van der Waals surface area contributed by atoms with Crippen molar-refractivity contribution in [2.24, 2.45) is 0 Å². The van der Waals surface area contributed by atoms with E-state index in [0.29, 0.717) is 33.9 Å². The molecular formula is C23H20N6O3S2. The van der Waals surface area contributed by atoms with Gasteiger partial charge in [-0.15, -0.1) is 28.1 Å². The van der Waals surface area contributed by atoms with Crippen LogP contribution in [-0.4, -0.2) is 35.8 Å². The molecule has 34 heavy (non-hydrogen) atoms. The number of carbonyl (C=O) groups is 1. The molecule has 0 spiro atoms. The summed E-state index contributed by atoms with van der Waals surface area (Å²) in [6.07, 6.45) is 1.76. The third kappa shape index (κ3) is 5.21. The van der Waals surface area contributed by atoms with Crippen LogP contribution >= 0.6 is 23.1 Å². The quantitative estimate of drug-likeness (QED) is 0.146. The fourth-order valence-electron chi connectivity index (χ4n) is 3.13. The molecule has 2 heterocycles. The summed E-state index contributed by atoms with van der Waals surface area (Å²) < 4.78 is 1.92. The van der Waals surface area contributed by atoms with Gasteiger partial charge in [0.15, 0.2) is 16.1 Å². The Labute approximate surface area is 203 Å². The zero-order valence-corrected chi connectivity index (χ0v) is 19.8. The molecule has 1 unspecified atom stereocenters. The number of hydrogen-bond acceptors (Lipinski definition) is 8. The van der Waals surface area contributed by atoms with E-state index in [0.717, 1.165) is 5.56 Å². The van der Waals surface area contributed by atoms with Gasteiger partial charge in [-0.1, -0.05) is 60.3 Å². The van der Waals surface area contributed by atoms with Crippen LogP contribution in [0.3, 0.4) is 0 Å². The van der Waals surface area contributed by atoms with Crippen LogP contribution in [0.1, 0.15) is 6.92 Å². The van der Waals surface area contributed by atoms with Gasteiger partial charge in [-0.3, -0.25) is 19.5 Å². The second-order valence-electron chi connectivity index (χ2n) is 7.17. The Bertz CT molecular complexity index is 1340. The third-order valence-corrected chi connectivity index (χ3v) is 6.64. The normalized spacial score (nSPS) is 11.7. The van der Waals surface area contributed by atoms with Crippen molar-refractivity contribution in [3.63, 3.8) is 0 Å². The highest BCUT2D eigenvalue weighted by atomic mass is 32.2. The molecule has 0 radical (unpaired) electrons. The van der Waals surface area contributed by atoms with E-state index in [4.69, 9.17) is 0 Å². The molecule has 0 aliphatic carbocycles. The molecule has 4 aromatic rings. The number of nitrogens with zero attached hydrogens (tertiary/aromatic N) is 5. The van der Waals surface area contributed by atoms with E-state index < -0.39 is 10.2 Å². The van der Waals surface area contributed by atoms with Gasteiger partial charge in [0.2, 0.25) is 5.91 Å². The maximum Gasteiger partial charge on any atom is 0.270 e. The zero-order chi connectivity index (χ0) is 24.1. The van der Waals surface area contributed by atoms with Crippen LogP contribution in [0.4, 0.5) is 10.8 Å². The van der Waals surface area contributed by atoms with Crippen LogP contribution in [-0.2, 0) is 11.3 Å². The second kappa shape index (κ2) is 10.4. The lowest BCUT2D eigenvalue weighted by Crippen LogP contribution is -2.22. The lowest BCUT2D eigenvalue weighted by molar-refractivity contribution is -0.384. The molecule has 4 rings (SSSR count). The van der Waals surface area contributed by atoms with E-state index in [1.54, 1.807) is 30.5 Å². The summed E-state index contributed by atoms with van der Waals surface area (Å²) in [6.45, 7) is 6.10. The molecule has 0 saturated carbocycles. The standard InChI is InChI=1S/C23H20N6O3S2/c1-3-12-28-20(16-8-5-4-6-9-16)26-27-23(28)34-15(2)21(30)25-22-24-19(14-33-22)17-10-7-11-18(13-17)29(31)32/h3-11,13-15H,1,12H2,2H3,(H,24,25,30). The molecule has 1 amide bonds.